The minimum atomic E-state index is 0.333. The number of aryl methyl sites for hydroxylation is 1. The van der Waals surface area contributed by atoms with Gasteiger partial charge in [-0.3, -0.25) is 0 Å². The van der Waals surface area contributed by atoms with Gasteiger partial charge in [0.1, 0.15) is 10.6 Å². The molecule has 6 heteroatoms. The van der Waals surface area contributed by atoms with Crippen molar-refractivity contribution in [3.05, 3.63) is 10.9 Å². The number of hydrogen-bond donors (Lipinski definition) is 1. The lowest BCUT2D eigenvalue weighted by molar-refractivity contribution is 0.131. The summed E-state index contributed by atoms with van der Waals surface area (Å²) in [5.74, 6) is 2.04. The van der Waals surface area contributed by atoms with Crippen LogP contribution in [0.2, 0.25) is 0 Å². The van der Waals surface area contributed by atoms with Crippen molar-refractivity contribution in [3.8, 4) is 0 Å². The summed E-state index contributed by atoms with van der Waals surface area (Å²) in [5.41, 5.74) is 5.80. The topological polar surface area (TPSA) is 64.3 Å². The fraction of sp³-hybridized carbons (Fsp3) is 0.571. The van der Waals surface area contributed by atoms with Crippen LogP contribution in [0.25, 0.3) is 10.2 Å². The molecule has 1 aliphatic carbocycles. The first-order valence-electron chi connectivity index (χ1n) is 6.96. The molecule has 0 radical (unpaired) electrons. The Morgan fingerprint density at radius 2 is 2.25 bits per heavy atom. The minimum Gasteiger partial charge on any atom is -0.379 e. The fourth-order valence-corrected chi connectivity index (χ4v) is 3.06. The van der Waals surface area contributed by atoms with E-state index in [9.17, 15) is 0 Å². The summed E-state index contributed by atoms with van der Waals surface area (Å²) in [6, 6.07) is 2.12. The number of fused-ring (bicyclic) bond motifs is 1. The molecule has 2 aromatic rings. The number of anilines is 2. The van der Waals surface area contributed by atoms with E-state index in [4.69, 9.17) is 10.5 Å². The van der Waals surface area contributed by atoms with E-state index in [0.717, 1.165) is 41.7 Å². The number of thiophene rings is 1. The van der Waals surface area contributed by atoms with E-state index in [0.29, 0.717) is 5.95 Å². The lowest BCUT2D eigenvalue weighted by atomic mass is 10.3. The van der Waals surface area contributed by atoms with Gasteiger partial charge < -0.3 is 15.4 Å². The van der Waals surface area contributed by atoms with E-state index in [-0.39, 0.29) is 0 Å². The Labute approximate surface area is 122 Å². The normalized spacial score (nSPS) is 14.9. The Balaban J connectivity index is 1.70. The molecule has 2 aromatic heterocycles. The molecule has 0 saturated heterocycles. The number of nitrogens with two attached hydrogens (primary N) is 1. The molecule has 0 atom stereocenters. The summed E-state index contributed by atoms with van der Waals surface area (Å²) in [5, 5.41) is 1.08. The molecule has 1 saturated carbocycles. The molecular weight excluding hydrogens is 272 g/mol. The van der Waals surface area contributed by atoms with Gasteiger partial charge in [0, 0.05) is 25.1 Å². The summed E-state index contributed by atoms with van der Waals surface area (Å²) in [6.07, 6.45) is 2.65. The number of likely N-dealkylation sites (N-methyl/N-ethyl adjacent to an activating group) is 1. The van der Waals surface area contributed by atoms with Crippen LogP contribution in [0.5, 0.6) is 0 Å². The summed E-state index contributed by atoms with van der Waals surface area (Å²) in [6.45, 7) is 4.51. The van der Waals surface area contributed by atoms with Crippen molar-refractivity contribution >= 4 is 33.3 Å². The van der Waals surface area contributed by atoms with Gasteiger partial charge in [-0.15, -0.1) is 11.3 Å². The van der Waals surface area contributed by atoms with Gasteiger partial charge >= 0.3 is 0 Å². The lowest BCUT2D eigenvalue weighted by Crippen LogP contribution is -2.24. The first-order chi connectivity index (χ1) is 9.63. The third-order valence-electron chi connectivity index (χ3n) is 3.50. The quantitative estimate of drug-likeness (QED) is 0.829. The Morgan fingerprint density at radius 1 is 1.45 bits per heavy atom. The predicted octanol–water partition coefficient (Wildman–Crippen LogP) is 2.44. The maximum atomic E-state index is 5.80. The summed E-state index contributed by atoms with van der Waals surface area (Å²) < 4.78 is 5.68. The van der Waals surface area contributed by atoms with Gasteiger partial charge in [-0.25, -0.2) is 4.98 Å². The summed E-state index contributed by atoms with van der Waals surface area (Å²) in [7, 11) is 2.02. The number of nitrogen functional groups attached to an aromatic ring is 1. The number of hydrogen-bond acceptors (Lipinski definition) is 6. The molecular formula is C14H20N4OS. The second-order valence-corrected chi connectivity index (χ2v) is 6.66. The predicted molar refractivity (Wildman–Crippen MR) is 83.4 cm³/mol. The second kappa shape index (κ2) is 5.54. The van der Waals surface area contributed by atoms with Crippen molar-refractivity contribution in [2.24, 2.45) is 5.92 Å². The van der Waals surface area contributed by atoms with Gasteiger partial charge in [0.25, 0.3) is 0 Å². The molecule has 0 aliphatic heterocycles. The highest BCUT2D eigenvalue weighted by atomic mass is 32.1. The number of aromatic nitrogens is 2. The molecule has 3 rings (SSSR count). The van der Waals surface area contributed by atoms with Crippen LogP contribution < -0.4 is 10.6 Å². The van der Waals surface area contributed by atoms with Crippen LogP contribution in [-0.4, -0.2) is 36.8 Å². The van der Waals surface area contributed by atoms with Gasteiger partial charge in [0.15, 0.2) is 0 Å². The van der Waals surface area contributed by atoms with Crippen molar-refractivity contribution in [3.63, 3.8) is 0 Å². The number of nitrogens with zero attached hydrogens (tertiary/aromatic N) is 3. The monoisotopic (exact) mass is 292 g/mol. The lowest BCUT2D eigenvalue weighted by Gasteiger charge is -2.19. The van der Waals surface area contributed by atoms with Crippen LogP contribution in [0.3, 0.4) is 0 Å². The van der Waals surface area contributed by atoms with Gasteiger partial charge in [-0.2, -0.15) is 4.98 Å². The molecule has 20 heavy (non-hydrogen) atoms. The van der Waals surface area contributed by atoms with E-state index in [1.165, 1.54) is 17.7 Å². The third-order valence-corrected chi connectivity index (χ3v) is 4.44. The minimum absolute atomic E-state index is 0.333. The average Bonchev–Trinajstić information content (AvgIpc) is 3.14. The van der Waals surface area contributed by atoms with E-state index in [1.807, 2.05) is 7.05 Å². The number of rotatable bonds is 6. The van der Waals surface area contributed by atoms with Crippen LogP contribution in [0.1, 0.15) is 17.7 Å². The Morgan fingerprint density at radius 3 is 3.00 bits per heavy atom. The van der Waals surface area contributed by atoms with E-state index >= 15 is 0 Å². The maximum Gasteiger partial charge on any atom is 0.223 e. The van der Waals surface area contributed by atoms with Gasteiger partial charge in [0.05, 0.1) is 12.0 Å². The van der Waals surface area contributed by atoms with Gasteiger partial charge in [-0.1, -0.05) is 0 Å². The molecule has 0 spiro atoms. The second-order valence-electron chi connectivity index (χ2n) is 5.42. The zero-order valence-corrected chi connectivity index (χ0v) is 12.7. The first kappa shape index (κ1) is 13.6. The Hall–Kier alpha value is -1.40. The Kier molecular flexibility index (Phi) is 3.76. The third kappa shape index (κ3) is 3.02. The van der Waals surface area contributed by atoms with Crippen LogP contribution in [0.15, 0.2) is 6.07 Å². The van der Waals surface area contributed by atoms with Crippen molar-refractivity contribution in [2.45, 2.75) is 19.8 Å². The van der Waals surface area contributed by atoms with Crippen molar-refractivity contribution in [1.82, 2.24) is 9.97 Å². The molecule has 2 heterocycles. The molecule has 0 bridgehead atoms. The maximum absolute atomic E-state index is 5.80. The molecule has 0 unspecified atom stereocenters. The molecule has 2 N–H and O–H groups in total. The zero-order valence-electron chi connectivity index (χ0n) is 11.9. The SMILES string of the molecule is Cc1cc2c(N(C)CCOCC3CC3)nc(N)nc2s1. The largest absolute Gasteiger partial charge is 0.379 e. The first-order valence-corrected chi connectivity index (χ1v) is 7.77. The average molecular weight is 292 g/mol. The summed E-state index contributed by atoms with van der Waals surface area (Å²) >= 11 is 1.65. The highest BCUT2D eigenvalue weighted by Crippen LogP contribution is 2.31. The van der Waals surface area contributed by atoms with Crippen molar-refractivity contribution in [1.29, 1.82) is 0 Å². The summed E-state index contributed by atoms with van der Waals surface area (Å²) in [4.78, 5) is 13.0. The smallest absolute Gasteiger partial charge is 0.223 e. The molecule has 108 valence electrons. The molecule has 0 amide bonds. The van der Waals surface area contributed by atoms with E-state index in [1.54, 1.807) is 11.3 Å². The standard InChI is InChI=1S/C14H20N4OS/c1-9-7-11-12(16-14(15)17-13(11)20-9)18(2)5-6-19-8-10-3-4-10/h7,10H,3-6,8H2,1-2H3,(H2,15,16,17). The van der Waals surface area contributed by atoms with Gasteiger partial charge in [-0.05, 0) is 31.7 Å². The van der Waals surface area contributed by atoms with Gasteiger partial charge in [0.2, 0.25) is 5.95 Å². The Bertz CT molecular complexity index is 608. The van der Waals surface area contributed by atoms with E-state index < -0.39 is 0 Å². The van der Waals surface area contributed by atoms with Crippen LogP contribution >= 0.6 is 11.3 Å². The zero-order chi connectivity index (χ0) is 14.1. The molecule has 0 aromatic carbocycles. The molecule has 5 nitrogen and oxygen atoms in total. The van der Waals surface area contributed by atoms with Crippen molar-refractivity contribution < 1.29 is 4.74 Å². The highest BCUT2D eigenvalue weighted by molar-refractivity contribution is 7.18. The number of ether oxygens (including phenoxy) is 1. The van der Waals surface area contributed by atoms with Crippen LogP contribution in [0.4, 0.5) is 11.8 Å². The van der Waals surface area contributed by atoms with Crippen LogP contribution in [0, 0.1) is 12.8 Å². The highest BCUT2D eigenvalue weighted by Gasteiger charge is 2.21. The fourth-order valence-electron chi connectivity index (χ4n) is 2.18. The van der Waals surface area contributed by atoms with E-state index in [2.05, 4.69) is 27.9 Å². The molecule has 1 fully saturated rings. The van der Waals surface area contributed by atoms with Crippen molar-refractivity contribution in [2.75, 3.05) is 37.4 Å². The molecule has 1 aliphatic rings. The van der Waals surface area contributed by atoms with Crippen LogP contribution in [-0.2, 0) is 4.74 Å².